The van der Waals surface area contributed by atoms with Crippen LogP contribution in [0.25, 0.3) is 10.9 Å². The van der Waals surface area contributed by atoms with Gasteiger partial charge in [0.2, 0.25) is 0 Å². The van der Waals surface area contributed by atoms with Crippen LogP contribution in [0.1, 0.15) is 24.3 Å². The maximum atomic E-state index is 12.3. The molecule has 0 spiro atoms. The van der Waals surface area contributed by atoms with E-state index in [9.17, 15) is 4.79 Å². The van der Waals surface area contributed by atoms with Gasteiger partial charge in [-0.1, -0.05) is 18.2 Å². The minimum Gasteiger partial charge on any atom is -0.351 e. The summed E-state index contributed by atoms with van der Waals surface area (Å²) < 4.78 is 12.5. The van der Waals surface area contributed by atoms with E-state index >= 15 is 0 Å². The fourth-order valence-electron chi connectivity index (χ4n) is 2.18. The number of para-hydroxylation sites is 1. The third kappa shape index (κ3) is 3.59. The molecule has 0 unspecified atom stereocenters. The zero-order valence-electron chi connectivity index (χ0n) is 12.6. The highest BCUT2D eigenvalue weighted by atomic mass is 16.7. The Morgan fingerprint density at radius 3 is 2.62 bits per heavy atom. The van der Waals surface area contributed by atoms with Gasteiger partial charge in [-0.05, 0) is 19.9 Å². The number of nitrogens with zero attached hydrogens (tertiary/aromatic N) is 2. The molecule has 1 N–H and O–H groups in total. The summed E-state index contributed by atoms with van der Waals surface area (Å²) >= 11 is 0. The largest absolute Gasteiger partial charge is 0.351 e. The number of ether oxygens (including phenoxy) is 2. The van der Waals surface area contributed by atoms with Crippen molar-refractivity contribution >= 4 is 16.8 Å². The van der Waals surface area contributed by atoms with Crippen molar-refractivity contribution in [1.29, 1.82) is 0 Å². The summed E-state index contributed by atoms with van der Waals surface area (Å²) in [5.74, 6) is -0.226. The molecule has 0 bridgehead atoms. The normalized spacial score (nSPS) is 11.2. The number of hydrogen-bond acceptors (Lipinski definition) is 4. The van der Waals surface area contributed by atoms with Crippen molar-refractivity contribution in [2.75, 3.05) is 19.8 Å². The van der Waals surface area contributed by atoms with Crippen LogP contribution in [0.5, 0.6) is 0 Å². The molecule has 2 aromatic rings. The standard InChI is InChI=1S/C15H21N3O3/c1-4-20-13(21-5-2)10-16-15(19)14-11-8-6-7-9-12(11)18(3)17-14/h6-9,13H,4-5,10H2,1-3H3,(H,16,19). The Kier molecular flexibility index (Phi) is 5.30. The smallest absolute Gasteiger partial charge is 0.272 e. The van der Waals surface area contributed by atoms with Gasteiger partial charge >= 0.3 is 0 Å². The highest BCUT2D eigenvalue weighted by Gasteiger charge is 2.17. The second kappa shape index (κ2) is 7.19. The lowest BCUT2D eigenvalue weighted by Crippen LogP contribution is -2.35. The molecule has 0 fully saturated rings. The van der Waals surface area contributed by atoms with E-state index in [0.717, 1.165) is 10.9 Å². The molecule has 6 heteroatoms. The SMILES string of the molecule is CCOC(CNC(=O)c1nn(C)c2ccccc12)OCC. The van der Waals surface area contributed by atoms with E-state index in [4.69, 9.17) is 9.47 Å². The molecule has 0 aliphatic heterocycles. The molecule has 0 saturated carbocycles. The van der Waals surface area contributed by atoms with Crippen molar-refractivity contribution in [2.24, 2.45) is 7.05 Å². The van der Waals surface area contributed by atoms with Crippen LogP contribution in [0.2, 0.25) is 0 Å². The van der Waals surface area contributed by atoms with Gasteiger partial charge in [0.05, 0.1) is 12.1 Å². The summed E-state index contributed by atoms with van der Waals surface area (Å²) in [6.45, 7) is 5.14. The zero-order chi connectivity index (χ0) is 15.2. The van der Waals surface area contributed by atoms with Crippen molar-refractivity contribution < 1.29 is 14.3 Å². The van der Waals surface area contributed by atoms with Crippen LogP contribution < -0.4 is 5.32 Å². The molecule has 2 rings (SSSR count). The highest BCUT2D eigenvalue weighted by Crippen LogP contribution is 2.17. The number of benzene rings is 1. The molecule has 0 aliphatic rings. The van der Waals surface area contributed by atoms with Crippen molar-refractivity contribution in [3.63, 3.8) is 0 Å². The fourth-order valence-corrected chi connectivity index (χ4v) is 2.18. The van der Waals surface area contributed by atoms with Gasteiger partial charge in [0.25, 0.3) is 5.91 Å². The number of carbonyl (C=O) groups is 1. The van der Waals surface area contributed by atoms with Gasteiger partial charge < -0.3 is 14.8 Å². The predicted octanol–water partition coefficient (Wildman–Crippen LogP) is 1.70. The van der Waals surface area contributed by atoms with Crippen LogP contribution >= 0.6 is 0 Å². The maximum absolute atomic E-state index is 12.3. The predicted molar refractivity (Wildman–Crippen MR) is 80.1 cm³/mol. The number of rotatable bonds is 7. The molecule has 1 aromatic heterocycles. The number of fused-ring (bicyclic) bond motifs is 1. The second-order valence-electron chi connectivity index (χ2n) is 4.54. The van der Waals surface area contributed by atoms with Crippen molar-refractivity contribution in [1.82, 2.24) is 15.1 Å². The lowest BCUT2D eigenvalue weighted by atomic mass is 10.2. The van der Waals surface area contributed by atoms with Crippen molar-refractivity contribution in [3.8, 4) is 0 Å². The first-order valence-electron chi connectivity index (χ1n) is 7.10. The number of nitrogens with one attached hydrogen (secondary N) is 1. The lowest BCUT2D eigenvalue weighted by molar-refractivity contribution is -0.131. The second-order valence-corrected chi connectivity index (χ2v) is 4.54. The Hall–Kier alpha value is -1.92. The third-order valence-corrected chi connectivity index (χ3v) is 3.11. The zero-order valence-corrected chi connectivity index (χ0v) is 12.6. The van der Waals surface area contributed by atoms with Crippen LogP contribution in [0, 0.1) is 0 Å². The first-order chi connectivity index (χ1) is 10.2. The summed E-state index contributed by atoms with van der Waals surface area (Å²) in [7, 11) is 1.82. The van der Waals surface area contributed by atoms with E-state index < -0.39 is 6.29 Å². The number of amides is 1. The average molecular weight is 291 g/mol. The molecular formula is C15H21N3O3. The molecule has 0 atom stereocenters. The van der Waals surface area contributed by atoms with Gasteiger partial charge in [-0.3, -0.25) is 9.48 Å². The Labute approximate surface area is 124 Å². The molecule has 114 valence electrons. The number of aromatic nitrogens is 2. The first kappa shape index (κ1) is 15.5. The van der Waals surface area contributed by atoms with E-state index in [1.165, 1.54) is 0 Å². The minimum atomic E-state index is -0.432. The molecule has 1 amide bonds. The van der Waals surface area contributed by atoms with E-state index in [1.54, 1.807) is 4.68 Å². The summed E-state index contributed by atoms with van der Waals surface area (Å²) in [5, 5.41) is 7.93. The van der Waals surface area contributed by atoms with Gasteiger partial charge in [0.1, 0.15) is 0 Å². The van der Waals surface area contributed by atoms with E-state index in [2.05, 4.69) is 10.4 Å². The molecule has 0 saturated heterocycles. The van der Waals surface area contributed by atoms with Crippen LogP contribution in [0.15, 0.2) is 24.3 Å². The van der Waals surface area contributed by atoms with Crippen molar-refractivity contribution in [3.05, 3.63) is 30.0 Å². The molecule has 21 heavy (non-hydrogen) atoms. The molecule has 6 nitrogen and oxygen atoms in total. The molecule has 0 radical (unpaired) electrons. The van der Waals surface area contributed by atoms with Crippen LogP contribution in [-0.4, -0.2) is 41.7 Å². The molecular weight excluding hydrogens is 270 g/mol. The number of hydrogen-bond donors (Lipinski definition) is 1. The van der Waals surface area contributed by atoms with E-state index in [0.29, 0.717) is 25.5 Å². The monoisotopic (exact) mass is 291 g/mol. The number of aryl methyl sites for hydroxylation is 1. The van der Waals surface area contributed by atoms with Crippen LogP contribution in [0.3, 0.4) is 0 Å². The quantitative estimate of drug-likeness (QED) is 0.789. The average Bonchev–Trinajstić information content (AvgIpc) is 2.83. The Balaban J connectivity index is 2.08. The molecule has 1 aromatic carbocycles. The van der Waals surface area contributed by atoms with Gasteiger partial charge in [-0.15, -0.1) is 0 Å². The van der Waals surface area contributed by atoms with E-state index in [1.807, 2.05) is 45.2 Å². The topological polar surface area (TPSA) is 65.4 Å². The Bertz CT molecular complexity index is 603. The third-order valence-electron chi connectivity index (χ3n) is 3.11. The Morgan fingerprint density at radius 1 is 1.29 bits per heavy atom. The fraction of sp³-hybridized carbons (Fsp3) is 0.467. The van der Waals surface area contributed by atoms with Gasteiger partial charge in [-0.2, -0.15) is 5.10 Å². The first-order valence-corrected chi connectivity index (χ1v) is 7.10. The van der Waals surface area contributed by atoms with E-state index in [-0.39, 0.29) is 5.91 Å². The molecule has 1 heterocycles. The summed E-state index contributed by atoms with van der Waals surface area (Å²) in [6.07, 6.45) is -0.432. The maximum Gasteiger partial charge on any atom is 0.272 e. The number of carbonyl (C=O) groups excluding carboxylic acids is 1. The van der Waals surface area contributed by atoms with Gasteiger partial charge in [0.15, 0.2) is 12.0 Å². The van der Waals surface area contributed by atoms with Crippen LogP contribution in [0.4, 0.5) is 0 Å². The lowest BCUT2D eigenvalue weighted by Gasteiger charge is -2.17. The molecule has 0 aliphatic carbocycles. The van der Waals surface area contributed by atoms with Crippen molar-refractivity contribution in [2.45, 2.75) is 20.1 Å². The van der Waals surface area contributed by atoms with Crippen LogP contribution in [-0.2, 0) is 16.5 Å². The van der Waals surface area contributed by atoms with Gasteiger partial charge in [-0.25, -0.2) is 0 Å². The highest BCUT2D eigenvalue weighted by molar-refractivity contribution is 6.04. The Morgan fingerprint density at radius 2 is 1.95 bits per heavy atom. The summed E-state index contributed by atoms with van der Waals surface area (Å²) in [4.78, 5) is 12.3. The summed E-state index contributed by atoms with van der Waals surface area (Å²) in [6, 6.07) is 7.64. The minimum absolute atomic E-state index is 0.226. The summed E-state index contributed by atoms with van der Waals surface area (Å²) in [5.41, 5.74) is 1.34. The van der Waals surface area contributed by atoms with Gasteiger partial charge in [0, 0.05) is 25.6 Å².